The van der Waals surface area contributed by atoms with Gasteiger partial charge in [-0.2, -0.15) is 13.2 Å². The Morgan fingerprint density at radius 1 is 1.05 bits per heavy atom. The molecule has 9 nitrogen and oxygen atoms in total. The second kappa shape index (κ2) is 9.92. The molecule has 2 atom stereocenters. The lowest BCUT2D eigenvalue weighted by atomic mass is 9.92. The van der Waals surface area contributed by atoms with E-state index in [1.807, 2.05) is 15.5 Å². The van der Waals surface area contributed by atoms with Crippen LogP contribution in [0.4, 0.5) is 24.8 Å². The molecule has 0 unspecified atom stereocenters. The molecule has 6 rings (SSSR count). The Labute approximate surface area is 227 Å². The lowest BCUT2D eigenvalue weighted by Crippen LogP contribution is -2.41. The molecule has 0 radical (unpaired) electrons. The average Bonchev–Trinajstić information content (AvgIpc) is 3.53. The predicted molar refractivity (Wildman–Crippen MR) is 142 cm³/mol. The highest BCUT2D eigenvalue weighted by atomic mass is 19.4. The van der Waals surface area contributed by atoms with E-state index in [2.05, 4.69) is 20.6 Å². The Balaban J connectivity index is 1.30. The topological polar surface area (TPSA) is 105 Å². The monoisotopic (exact) mass is 549 g/mol. The fourth-order valence-electron chi connectivity index (χ4n) is 5.66. The van der Waals surface area contributed by atoms with Gasteiger partial charge in [0.25, 0.3) is 5.91 Å². The zero-order chi connectivity index (χ0) is 28.0. The number of aromatic nitrogens is 4. The largest absolute Gasteiger partial charge is 0.416 e. The third-order valence-electron chi connectivity index (χ3n) is 7.65. The van der Waals surface area contributed by atoms with E-state index in [1.54, 1.807) is 37.5 Å². The molecule has 2 fully saturated rings. The summed E-state index contributed by atoms with van der Waals surface area (Å²) in [6.07, 6.45) is 3.41. The first-order chi connectivity index (χ1) is 19.2. The first-order valence-corrected chi connectivity index (χ1v) is 13.0. The van der Waals surface area contributed by atoms with E-state index in [0.29, 0.717) is 30.5 Å². The van der Waals surface area contributed by atoms with Gasteiger partial charge in [-0.25, -0.2) is 15.0 Å². The normalized spacial score (nSPS) is 19.1. The second-order valence-electron chi connectivity index (χ2n) is 10.0. The average molecular weight is 550 g/mol. The van der Waals surface area contributed by atoms with Crippen LogP contribution in [0.25, 0.3) is 16.8 Å². The van der Waals surface area contributed by atoms with Crippen LogP contribution in [0.1, 0.15) is 53.3 Å². The summed E-state index contributed by atoms with van der Waals surface area (Å²) in [6, 6.07) is 8.62. The van der Waals surface area contributed by atoms with Crippen molar-refractivity contribution in [2.75, 3.05) is 24.2 Å². The molecule has 4 aromatic rings. The van der Waals surface area contributed by atoms with Gasteiger partial charge in [0.05, 0.1) is 5.56 Å². The lowest BCUT2D eigenvalue weighted by molar-refractivity contribution is -0.137. The van der Waals surface area contributed by atoms with Crippen molar-refractivity contribution < 1.29 is 22.8 Å². The zero-order valence-corrected chi connectivity index (χ0v) is 21.6. The van der Waals surface area contributed by atoms with E-state index in [1.165, 1.54) is 0 Å². The molecule has 0 saturated carbocycles. The van der Waals surface area contributed by atoms with Crippen molar-refractivity contribution in [1.82, 2.24) is 24.3 Å². The number of carbonyl (C=O) groups is 2. The van der Waals surface area contributed by atoms with Gasteiger partial charge in [0.1, 0.15) is 22.9 Å². The van der Waals surface area contributed by atoms with Gasteiger partial charge >= 0.3 is 6.18 Å². The third kappa shape index (κ3) is 4.63. The van der Waals surface area contributed by atoms with Crippen LogP contribution >= 0.6 is 0 Å². The van der Waals surface area contributed by atoms with Crippen molar-refractivity contribution in [2.45, 2.75) is 43.8 Å². The Kier molecular flexibility index (Phi) is 6.40. The number of rotatable bonds is 5. The number of benzene rings is 1. The minimum Gasteiger partial charge on any atom is -0.371 e. The number of alkyl halides is 3. The van der Waals surface area contributed by atoms with Crippen LogP contribution in [0.5, 0.6) is 0 Å². The molecule has 2 amide bonds. The number of hydrogen-bond donors (Lipinski definition) is 2. The third-order valence-corrected chi connectivity index (χ3v) is 7.65. The minimum absolute atomic E-state index is 0.0664. The van der Waals surface area contributed by atoms with Crippen molar-refractivity contribution in [3.05, 3.63) is 71.9 Å². The number of pyridine rings is 1. The highest BCUT2D eigenvalue weighted by Gasteiger charge is 2.38. The maximum atomic E-state index is 13.0. The quantitative estimate of drug-likeness (QED) is 0.364. The summed E-state index contributed by atoms with van der Waals surface area (Å²) in [5.41, 5.74) is 1.55. The second-order valence-corrected chi connectivity index (χ2v) is 10.0. The number of carbonyl (C=O) groups excluding carboxylic acids is 2. The highest BCUT2D eigenvalue weighted by molar-refractivity contribution is 6.04. The van der Waals surface area contributed by atoms with Crippen molar-refractivity contribution >= 4 is 29.0 Å². The van der Waals surface area contributed by atoms with Crippen molar-refractivity contribution in [3.8, 4) is 11.3 Å². The summed E-state index contributed by atoms with van der Waals surface area (Å²) in [7, 11) is 1.78. The molecule has 40 heavy (non-hydrogen) atoms. The van der Waals surface area contributed by atoms with Gasteiger partial charge in [-0.1, -0.05) is 12.1 Å². The summed E-state index contributed by atoms with van der Waals surface area (Å²) >= 11 is 0. The number of nitrogens with zero attached hydrogens (tertiary/aromatic N) is 5. The number of amides is 2. The standard InChI is InChI=1S/C28H26F3N7O2/c1-32-25-24-23(36-26(37(24)13-12-34-25)18-6-7-20-8-9-22(39)38(20)15-18)16-2-4-17(5-3-16)27(40)35-21-14-19(10-11-33-21)28(29,30)31/h2-5,10-14,18,20H,6-9,15H2,1H3,(H,32,34)(H,33,35,40)/t18-,20+/m1/s1. The maximum absolute atomic E-state index is 13.0. The van der Waals surface area contributed by atoms with Crippen LogP contribution < -0.4 is 10.6 Å². The Hall–Kier alpha value is -4.48. The van der Waals surface area contributed by atoms with Gasteiger partial charge in [0, 0.05) is 61.7 Å². The summed E-state index contributed by atoms with van der Waals surface area (Å²) in [5, 5.41) is 5.55. The molecule has 0 spiro atoms. The van der Waals surface area contributed by atoms with Gasteiger partial charge in [0.2, 0.25) is 5.91 Å². The van der Waals surface area contributed by atoms with Crippen LogP contribution in [0, 0.1) is 0 Å². The summed E-state index contributed by atoms with van der Waals surface area (Å²) in [6.45, 7) is 0.627. The number of halogens is 3. The summed E-state index contributed by atoms with van der Waals surface area (Å²) in [5.74, 6) is 0.973. The molecule has 3 aromatic heterocycles. The molecule has 2 aliphatic heterocycles. The van der Waals surface area contributed by atoms with E-state index in [-0.39, 0.29) is 23.2 Å². The van der Waals surface area contributed by atoms with Gasteiger partial charge in [-0.15, -0.1) is 0 Å². The first kappa shape index (κ1) is 25.8. The highest BCUT2D eigenvalue weighted by Crippen LogP contribution is 2.38. The van der Waals surface area contributed by atoms with E-state index >= 15 is 0 Å². The molecular weight excluding hydrogens is 523 g/mol. The molecule has 12 heteroatoms. The maximum Gasteiger partial charge on any atom is 0.416 e. The molecule has 0 bridgehead atoms. The molecular formula is C28H26F3N7O2. The van der Waals surface area contributed by atoms with Crippen LogP contribution in [0.15, 0.2) is 55.0 Å². The number of fused-ring (bicyclic) bond motifs is 2. The van der Waals surface area contributed by atoms with Crippen LogP contribution in [0.3, 0.4) is 0 Å². The SMILES string of the molecule is CNc1nccn2c([C@@H]3CC[C@H]4CCC(=O)N4C3)nc(-c3ccc(C(=O)Nc4cc(C(F)(F)F)ccn4)cc3)c12. The molecule has 1 aromatic carbocycles. The molecule has 2 N–H and O–H groups in total. The molecule has 5 heterocycles. The van der Waals surface area contributed by atoms with Crippen LogP contribution in [-0.2, 0) is 11.0 Å². The fraction of sp³-hybridized carbons (Fsp3) is 0.321. The number of nitrogens with one attached hydrogen (secondary N) is 2. The number of imidazole rings is 1. The van der Waals surface area contributed by atoms with Crippen molar-refractivity contribution in [2.24, 2.45) is 0 Å². The fourth-order valence-corrected chi connectivity index (χ4v) is 5.66. The molecule has 2 saturated heterocycles. The van der Waals surface area contributed by atoms with Crippen molar-refractivity contribution in [1.29, 1.82) is 0 Å². The summed E-state index contributed by atoms with van der Waals surface area (Å²) in [4.78, 5) is 40.5. The molecule has 0 aliphatic carbocycles. The summed E-state index contributed by atoms with van der Waals surface area (Å²) < 4.78 is 41.1. The van der Waals surface area contributed by atoms with Gasteiger partial charge in [-0.05, 0) is 43.5 Å². The van der Waals surface area contributed by atoms with E-state index in [4.69, 9.17) is 4.98 Å². The number of anilines is 2. The van der Waals surface area contributed by atoms with Crippen LogP contribution in [-0.4, -0.2) is 55.7 Å². The Morgan fingerprint density at radius 2 is 1.85 bits per heavy atom. The predicted octanol–water partition coefficient (Wildman–Crippen LogP) is 4.97. The first-order valence-electron chi connectivity index (χ1n) is 13.0. The van der Waals surface area contributed by atoms with Gasteiger partial charge < -0.3 is 15.5 Å². The van der Waals surface area contributed by atoms with Crippen LogP contribution in [0.2, 0.25) is 0 Å². The van der Waals surface area contributed by atoms with E-state index in [9.17, 15) is 22.8 Å². The minimum atomic E-state index is -4.54. The Bertz CT molecular complexity index is 1600. The van der Waals surface area contributed by atoms with Gasteiger partial charge in [0.15, 0.2) is 5.82 Å². The van der Waals surface area contributed by atoms with E-state index in [0.717, 1.165) is 54.5 Å². The zero-order valence-electron chi connectivity index (χ0n) is 21.6. The molecule has 206 valence electrons. The number of piperidine rings is 1. The van der Waals surface area contributed by atoms with Gasteiger partial charge in [-0.3, -0.25) is 14.0 Å². The molecule has 2 aliphatic rings. The smallest absolute Gasteiger partial charge is 0.371 e. The lowest BCUT2D eigenvalue weighted by Gasteiger charge is -2.34. The number of hydrogen-bond acceptors (Lipinski definition) is 6. The van der Waals surface area contributed by atoms with E-state index < -0.39 is 17.6 Å². The Morgan fingerprint density at radius 3 is 2.60 bits per heavy atom. The van der Waals surface area contributed by atoms with Crippen molar-refractivity contribution in [3.63, 3.8) is 0 Å².